The Labute approximate surface area is 75.2 Å². The SMILES string of the molecule is CCOC(C)N.O=S([O-])CCO. The van der Waals surface area contributed by atoms with E-state index in [-0.39, 0.29) is 18.6 Å². The molecule has 0 radical (unpaired) electrons. The Hall–Kier alpha value is -0.0100. The topological polar surface area (TPSA) is 95.6 Å². The molecular weight excluding hydrogens is 182 g/mol. The molecule has 0 aromatic carbocycles. The molecule has 0 aliphatic rings. The normalized spacial score (nSPS) is 14.4. The van der Waals surface area contributed by atoms with Gasteiger partial charge in [0.1, 0.15) is 6.23 Å². The molecule has 5 nitrogen and oxygen atoms in total. The van der Waals surface area contributed by atoms with Crippen LogP contribution in [0.15, 0.2) is 0 Å². The second-order valence-electron chi connectivity index (χ2n) is 1.89. The van der Waals surface area contributed by atoms with E-state index in [4.69, 9.17) is 15.6 Å². The fraction of sp³-hybridized carbons (Fsp3) is 1.00. The van der Waals surface area contributed by atoms with Gasteiger partial charge in [-0.15, -0.1) is 0 Å². The summed E-state index contributed by atoms with van der Waals surface area (Å²) in [5.74, 6) is -0.153. The number of aliphatic hydroxyl groups excluding tert-OH is 1. The van der Waals surface area contributed by atoms with Gasteiger partial charge in [0.05, 0.1) is 6.61 Å². The van der Waals surface area contributed by atoms with Crippen LogP contribution >= 0.6 is 0 Å². The van der Waals surface area contributed by atoms with Crippen LogP contribution in [0, 0.1) is 0 Å². The lowest BCUT2D eigenvalue weighted by Gasteiger charge is -2.00. The van der Waals surface area contributed by atoms with Crippen molar-refractivity contribution in [2.75, 3.05) is 19.0 Å². The molecule has 6 heteroatoms. The van der Waals surface area contributed by atoms with E-state index < -0.39 is 11.1 Å². The first-order valence-corrected chi connectivity index (χ1v) is 4.82. The molecule has 3 N–H and O–H groups in total. The largest absolute Gasteiger partial charge is 0.772 e. The van der Waals surface area contributed by atoms with Crippen molar-refractivity contribution in [3.8, 4) is 0 Å². The third-order valence-electron chi connectivity index (χ3n) is 0.688. The summed E-state index contributed by atoms with van der Waals surface area (Å²) >= 11 is -2.07. The fourth-order valence-corrected chi connectivity index (χ4v) is 0.486. The van der Waals surface area contributed by atoms with E-state index in [0.29, 0.717) is 6.61 Å². The number of rotatable bonds is 4. The Morgan fingerprint density at radius 2 is 2.25 bits per heavy atom. The second kappa shape index (κ2) is 11.0. The number of hydrogen-bond acceptors (Lipinski definition) is 5. The first kappa shape index (κ1) is 14.5. The summed E-state index contributed by atoms with van der Waals surface area (Å²) in [7, 11) is 0. The molecule has 0 aliphatic heterocycles. The van der Waals surface area contributed by atoms with E-state index in [1.807, 2.05) is 13.8 Å². The first-order valence-electron chi connectivity index (χ1n) is 3.58. The van der Waals surface area contributed by atoms with Crippen LogP contribution in [0.25, 0.3) is 0 Å². The minimum Gasteiger partial charge on any atom is -0.772 e. The highest BCUT2D eigenvalue weighted by Crippen LogP contribution is 1.74. The van der Waals surface area contributed by atoms with Gasteiger partial charge >= 0.3 is 0 Å². The van der Waals surface area contributed by atoms with Gasteiger partial charge in [0.2, 0.25) is 0 Å². The van der Waals surface area contributed by atoms with Crippen molar-refractivity contribution in [1.29, 1.82) is 0 Å². The van der Waals surface area contributed by atoms with Crippen LogP contribution in [0.5, 0.6) is 0 Å². The van der Waals surface area contributed by atoms with Crippen LogP contribution in [0.2, 0.25) is 0 Å². The quantitative estimate of drug-likeness (QED) is 0.455. The van der Waals surface area contributed by atoms with E-state index in [1.165, 1.54) is 0 Å². The number of aliphatic hydroxyl groups is 1. The molecule has 76 valence electrons. The van der Waals surface area contributed by atoms with Crippen LogP contribution in [0.3, 0.4) is 0 Å². The molecule has 0 spiro atoms. The van der Waals surface area contributed by atoms with Gasteiger partial charge in [-0.25, -0.2) is 0 Å². The van der Waals surface area contributed by atoms with Gasteiger partial charge in [-0.3, -0.25) is 4.21 Å². The Kier molecular flexibility index (Phi) is 13.3. The third kappa shape index (κ3) is 22.5. The van der Waals surface area contributed by atoms with Crippen molar-refractivity contribution >= 4 is 11.1 Å². The fourth-order valence-electron chi connectivity index (χ4n) is 0.337. The van der Waals surface area contributed by atoms with Crippen molar-refractivity contribution in [3.63, 3.8) is 0 Å². The Balaban J connectivity index is 0. The Bertz CT molecular complexity index is 110. The maximum atomic E-state index is 9.44. The van der Waals surface area contributed by atoms with Gasteiger partial charge < -0.3 is 20.1 Å². The highest BCUT2D eigenvalue weighted by molar-refractivity contribution is 7.79. The van der Waals surface area contributed by atoms with Crippen molar-refractivity contribution in [2.24, 2.45) is 5.73 Å². The molecule has 0 aliphatic carbocycles. The van der Waals surface area contributed by atoms with Gasteiger partial charge in [0, 0.05) is 12.4 Å². The van der Waals surface area contributed by atoms with E-state index in [0.717, 1.165) is 0 Å². The standard InChI is InChI=1S/C4H11NO.C2H6O3S/c1-3-6-4(2)5;3-1-2-6(4)5/h4H,3,5H2,1-2H3;3H,1-2H2,(H,4,5)/p-1. The smallest absolute Gasteiger partial charge is 0.102 e. The van der Waals surface area contributed by atoms with Crippen LogP contribution < -0.4 is 5.73 Å². The molecule has 2 unspecified atom stereocenters. The Morgan fingerprint density at radius 3 is 2.25 bits per heavy atom. The molecule has 0 fully saturated rings. The average Bonchev–Trinajstić information content (AvgIpc) is 1.87. The first-order chi connectivity index (χ1) is 5.54. The number of nitrogens with two attached hydrogens (primary N) is 1. The van der Waals surface area contributed by atoms with E-state index in [1.54, 1.807) is 0 Å². The molecule has 2 atom stereocenters. The van der Waals surface area contributed by atoms with Gasteiger partial charge in [-0.2, -0.15) is 0 Å². The molecule has 0 saturated carbocycles. The molecule has 0 saturated heterocycles. The molecule has 0 bridgehead atoms. The van der Waals surface area contributed by atoms with Crippen LogP contribution in [0.4, 0.5) is 0 Å². The predicted molar refractivity (Wildman–Crippen MR) is 46.1 cm³/mol. The van der Waals surface area contributed by atoms with Gasteiger partial charge in [0.25, 0.3) is 0 Å². The van der Waals surface area contributed by atoms with Gasteiger partial charge in [0.15, 0.2) is 0 Å². The minimum absolute atomic E-state index is 0.102. The minimum atomic E-state index is -2.07. The summed E-state index contributed by atoms with van der Waals surface area (Å²) in [5.41, 5.74) is 5.18. The van der Waals surface area contributed by atoms with E-state index in [9.17, 15) is 8.76 Å². The summed E-state index contributed by atoms with van der Waals surface area (Å²) < 4.78 is 23.7. The lowest BCUT2D eigenvalue weighted by molar-refractivity contribution is 0.0814. The summed E-state index contributed by atoms with van der Waals surface area (Å²) in [6.45, 7) is 4.15. The molecule has 0 rings (SSSR count). The number of hydrogen-bond donors (Lipinski definition) is 2. The lowest BCUT2D eigenvalue weighted by Crippen LogP contribution is -2.18. The van der Waals surface area contributed by atoms with Crippen molar-refractivity contribution < 1.29 is 18.6 Å². The molecule has 0 amide bonds. The summed E-state index contributed by atoms with van der Waals surface area (Å²) in [6, 6.07) is 0. The molecule has 0 aromatic rings. The molecule has 12 heavy (non-hydrogen) atoms. The van der Waals surface area contributed by atoms with Crippen molar-refractivity contribution in [3.05, 3.63) is 0 Å². The lowest BCUT2D eigenvalue weighted by atomic mass is 10.7. The van der Waals surface area contributed by atoms with Crippen molar-refractivity contribution in [2.45, 2.75) is 20.1 Å². The van der Waals surface area contributed by atoms with Crippen LogP contribution in [-0.4, -0.2) is 39.1 Å². The van der Waals surface area contributed by atoms with E-state index in [2.05, 4.69) is 0 Å². The maximum Gasteiger partial charge on any atom is 0.102 e. The highest BCUT2D eigenvalue weighted by atomic mass is 32.2. The highest BCUT2D eigenvalue weighted by Gasteiger charge is 1.83. The molecule has 0 heterocycles. The molecular formula is C6H16NO4S-. The zero-order valence-electron chi connectivity index (χ0n) is 7.36. The van der Waals surface area contributed by atoms with Crippen LogP contribution in [0.1, 0.15) is 13.8 Å². The maximum absolute atomic E-state index is 9.44. The van der Waals surface area contributed by atoms with Gasteiger partial charge in [-0.05, 0) is 13.8 Å². The van der Waals surface area contributed by atoms with Gasteiger partial charge in [-0.1, -0.05) is 11.1 Å². The number of ether oxygens (including phenoxy) is 1. The zero-order valence-corrected chi connectivity index (χ0v) is 8.17. The zero-order chi connectivity index (χ0) is 9.98. The van der Waals surface area contributed by atoms with E-state index >= 15 is 0 Å². The van der Waals surface area contributed by atoms with Crippen molar-refractivity contribution in [1.82, 2.24) is 0 Å². The predicted octanol–water partition coefficient (Wildman–Crippen LogP) is -0.815. The average molecular weight is 198 g/mol. The molecule has 0 aromatic heterocycles. The summed E-state index contributed by atoms with van der Waals surface area (Å²) in [5, 5.41) is 7.84. The Morgan fingerprint density at radius 1 is 1.75 bits per heavy atom. The second-order valence-corrected chi connectivity index (χ2v) is 2.91. The third-order valence-corrected chi connectivity index (χ3v) is 1.20. The summed E-state index contributed by atoms with van der Waals surface area (Å²) in [4.78, 5) is 0. The summed E-state index contributed by atoms with van der Waals surface area (Å²) in [6.07, 6.45) is -0.102. The van der Waals surface area contributed by atoms with Crippen LogP contribution in [-0.2, 0) is 15.8 Å². The monoisotopic (exact) mass is 198 g/mol.